The molecule has 0 radical (unpaired) electrons. The minimum atomic E-state index is 0.225. The molecule has 0 aliphatic carbocycles. The van der Waals surface area contributed by atoms with Crippen molar-refractivity contribution in [2.75, 3.05) is 5.32 Å². The largest absolute Gasteiger partial charge is 0.508 e. The Bertz CT molecular complexity index is 1050. The first kappa shape index (κ1) is 15.4. The maximum absolute atomic E-state index is 9.61. The van der Waals surface area contributed by atoms with E-state index in [9.17, 15) is 5.11 Å². The van der Waals surface area contributed by atoms with Gasteiger partial charge in [0.2, 0.25) is 0 Å². The van der Waals surface area contributed by atoms with E-state index in [1.807, 2.05) is 42.5 Å². The molecule has 0 atom stereocenters. The summed E-state index contributed by atoms with van der Waals surface area (Å²) in [6.07, 6.45) is 0.517. The van der Waals surface area contributed by atoms with Gasteiger partial charge >= 0.3 is 0 Å². The molecular weight excluding hydrogens is 338 g/mol. The molecule has 0 unspecified atom stereocenters. The quantitative estimate of drug-likeness (QED) is 0.584. The first-order chi connectivity index (χ1) is 12.2. The van der Waals surface area contributed by atoms with E-state index in [1.54, 1.807) is 22.7 Å². The predicted octanol–water partition coefficient (Wildman–Crippen LogP) is 3.82. The van der Waals surface area contributed by atoms with Crippen molar-refractivity contribution in [3.8, 4) is 5.75 Å². The van der Waals surface area contributed by atoms with E-state index >= 15 is 0 Å². The van der Waals surface area contributed by atoms with E-state index in [0.717, 1.165) is 11.3 Å². The van der Waals surface area contributed by atoms with Crippen LogP contribution in [0.25, 0.3) is 5.65 Å². The average molecular weight is 352 g/mol. The van der Waals surface area contributed by atoms with Gasteiger partial charge in [-0.1, -0.05) is 29.8 Å². The molecule has 0 aliphatic heterocycles. The maximum atomic E-state index is 9.61. The summed E-state index contributed by atoms with van der Waals surface area (Å²) in [5, 5.41) is 26.4. The fraction of sp³-hybridized carbons (Fsp3) is 0.0556. The summed E-state index contributed by atoms with van der Waals surface area (Å²) >= 11 is 6.01. The average Bonchev–Trinajstić information content (AvgIpc) is 2.97. The lowest BCUT2D eigenvalue weighted by Gasteiger charge is -2.07. The molecule has 0 amide bonds. The molecule has 4 aromatic rings. The first-order valence-corrected chi connectivity index (χ1v) is 8.07. The number of aromatic hydroxyl groups is 1. The molecule has 0 fully saturated rings. The van der Waals surface area contributed by atoms with Gasteiger partial charge in [-0.05, 0) is 48.0 Å². The van der Waals surface area contributed by atoms with Crippen molar-refractivity contribution in [1.29, 1.82) is 0 Å². The second-order valence-corrected chi connectivity index (χ2v) is 6.02. The fourth-order valence-electron chi connectivity index (χ4n) is 2.57. The Morgan fingerprint density at radius 1 is 1.00 bits per heavy atom. The van der Waals surface area contributed by atoms with E-state index in [1.165, 1.54) is 0 Å². The lowest BCUT2D eigenvalue weighted by Crippen LogP contribution is -2.03. The van der Waals surface area contributed by atoms with Crippen LogP contribution >= 0.6 is 11.6 Å². The van der Waals surface area contributed by atoms with Crippen molar-refractivity contribution in [2.24, 2.45) is 0 Å². The predicted molar refractivity (Wildman–Crippen MR) is 96.4 cm³/mol. The number of aromatic nitrogens is 4. The number of hydrogen-bond donors (Lipinski definition) is 2. The third kappa shape index (κ3) is 3.39. The number of hydrogen-bond acceptors (Lipinski definition) is 5. The molecule has 0 saturated carbocycles. The molecule has 25 heavy (non-hydrogen) atoms. The highest BCUT2D eigenvalue weighted by atomic mass is 35.5. The van der Waals surface area contributed by atoms with Gasteiger partial charge in [0.25, 0.3) is 0 Å². The number of phenolic OH excluding ortho intramolecular Hbond substituents is 1. The van der Waals surface area contributed by atoms with Crippen LogP contribution in [0.3, 0.4) is 0 Å². The summed E-state index contributed by atoms with van der Waals surface area (Å²) in [4.78, 5) is 0. The number of fused-ring (bicyclic) bond motifs is 1. The van der Waals surface area contributed by atoms with Crippen molar-refractivity contribution in [1.82, 2.24) is 19.8 Å². The van der Waals surface area contributed by atoms with E-state index < -0.39 is 0 Å². The number of halogens is 1. The number of benzene rings is 2. The van der Waals surface area contributed by atoms with Gasteiger partial charge in [-0.3, -0.25) is 0 Å². The van der Waals surface area contributed by atoms with E-state index in [4.69, 9.17) is 11.6 Å². The SMILES string of the molecule is Oc1cccc(Cc2nnc3ccc(Nc4cccc(Cl)c4)nn23)c1. The zero-order valence-corrected chi connectivity index (χ0v) is 13.9. The van der Waals surface area contributed by atoms with Crippen LogP contribution in [-0.2, 0) is 6.42 Å². The summed E-state index contributed by atoms with van der Waals surface area (Å²) < 4.78 is 1.69. The smallest absolute Gasteiger partial charge is 0.178 e. The number of anilines is 2. The monoisotopic (exact) mass is 351 g/mol. The number of nitrogens with zero attached hydrogens (tertiary/aromatic N) is 4. The van der Waals surface area contributed by atoms with Crippen molar-refractivity contribution >= 4 is 28.8 Å². The van der Waals surface area contributed by atoms with Gasteiger partial charge in [-0.15, -0.1) is 15.3 Å². The second-order valence-electron chi connectivity index (χ2n) is 5.59. The molecule has 0 aliphatic rings. The third-order valence-corrected chi connectivity index (χ3v) is 3.93. The normalized spacial score (nSPS) is 10.9. The third-order valence-electron chi connectivity index (χ3n) is 3.70. The van der Waals surface area contributed by atoms with Crippen LogP contribution in [-0.4, -0.2) is 24.9 Å². The highest BCUT2D eigenvalue weighted by Crippen LogP contribution is 2.20. The Kier molecular flexibility index (Phi) is 3.95. The van der Waals surface area contributed by atoms with Crippen molar-refractivity contribution in [3.05, 3.63) is 77.1 Å². The number of nitrogens with one attached hydrogen (secondary N) is 1. The summed E-state index contributed by atoms with van der Waals surface area (Å²) in [5.41, 5.74) is 2.44. The summed E-state index contributed by atoms with van der Waals surface area (Å²) in [5.74, 6) is 1.57. The van der Waals surface area contributed by atoms with Gasteiger partial charge in [-0.25, -0.2) is 0 Å². The lowest BCUT2D eigenvalue weighted by molar-refractivity contribution is 0.474. The van der Waals surface area contributed by atoms with Gasteiger partial charge in [0.1, 0.15) is 5.75 Å². The molecule has 0 saturated heterocycles. The molecule has 0 bridgehead atoms. The van der Waals surface area contributed by atoms with Crippen LogP contribution in [0.2, 0.25) is 5.02 Å². The van der Waals surface area contributed by atoms with Gasteiger partial charge in [-0.2, -0.15) is 4.52 Å². The number of rotatable bonds is 4. The Balaban J connectivity index is 1.65. The molecule has 2 N–H and O–H groups in total. The molecule has 2 aromatic heterocycles. The molecule has 124 valence electrons. The summed E-state index contributed by atoms with van der Waals surface area (Å²) in [7, 11) is 0. The molecule has 7 heteroatoms. The van der Waals surface area contributed by atoms with E-state index in [0.29, 0.717) is 28.7 Å². The number of phenols is 1. The topological polar surface area (TPSA) is 75.3 Å². The maximum Gasteiger partial charge on any atom is 0.178 e. The van der Waals surface area contributed by atoms with Crippen LogP contribution < -0.4 is 5.32 Å². The van der Waals surface area contributed by atoms with Crippen molar-refractivity contribution < 1.29 is 5.11 Å². The van der Waals surface area contributed by atoms with E-state index in [2.05, 4.69) is 20.6 Å². The van der Waals surface area contributed by atoms with Gasteiger partial charge < -0.3 is 10.4 Å². The molecule has 0 spiro atoms. The van der Waals surface area contributed by atoms with E-state index in [-0.39, 0.29) is 5.75 Å². The van der Waals surface area contributed by atoms with Gasteiger partial charge in [0.15, 0.2) is 17.3 Å². The zero-order chi connectivity index (χ0) is 17.2. The standard InChI is InChI=1S/C18H14ClN5O/c19-13-4-2-5-14(11-13)20-16-7-8-17-21-22-18(24(17)23-16)10-12-3-1-6-15(25)9-12/h1-9,11,25H,10H2,(H,20,23). The van der Waals surface area contributed by atoms with Crippen LogP contribution in [0, 0.1) is 0 Å². The Labute approximate surface area is 148 Å². The summed E-state index contributed by atoms with van der Waals surface area (Å²) in [6.45, 7) is 0. The molecule has 6 nitrogen and oxygen atoms in total. The van der Waals surface area contributed by atoms with Crippen LogP contribution in [0.15, 0.2) is 60.7 Å². The molecule has 4 rings (SSSR count). The van der Waals surface area contributed by atoms with Crippen LogP contribution in [0.1, 0.15) is 11.4 Å². The lowest BCUT2D eigenvalue weighted by atomic mass is 10.1. The highest BCUT2D eigenvalue weighted by molar-refractivity contribution is 6.30. The zero-order valence-electron chi connectivity index (χ0n) is 13.1. The van der Waals surface area contributed by atoms with Gasteiger partial charge in [0.05, 0.1) is 0 Å². The Morgan fingerprint density at radius 2 is 1.88 bits per heavy atom. The first-order valence-electron chi connectivity index (χ1n) is 7.69. The van der Waals surface area contributed by atoms with Crippen molar-refractivity contribution in [3.63, 3.8) is 0 Å². The molecule has 2 aromatic carbocycles. The minimum Gasteiger partial charge on any atom is -0.508 e. The second kappa shape index (κ2) is 6.41. The Hall–Kier alpha value is -3.12. The van der Waals surface area contributed by atoms with Crippen LogP contribution in [0.4, 0.5) is 11.5 Å². The Morgan fingerprint density at radius 3 is 2.72 bits per heavy atom. The van der Waals surface area contributed by atoms with Gasteiger partial charge in [0, 0.05) is 17.1 Å². The van der Waals surface area contributed by atoms with Crippen molar-refractivity contribution in [2.45, 2.75) is 6.42 Å². The summed E-state index contributed by atoms with van der Waals surface area (Å²) in [6, 6.07) is 18.2. The van der Waals surface area contributed by atoms with Crippen LogP contribution in [0.5, 0.6) is 5.75 Å². The highest BCUT2D eigenvalue weighted by Gasteiger charge is 2.09. The minimum absolute atomic E-state index is 0.225. The molecule has 2 heterocycles. The fourth-order valence-corrected chi connectivity index (χ4v) is 2.76. The molecular formula is C18H14ClN5O.